The molecule has 26 heavy (non-hydrogen) atoms. The van der Waals surface area contributed by atoms with Gasteiger partial charge in [0.1, 0.15) is 5.75 Å². The van der Waals surface area contributed by atoms with Crippen molar-refractivity contribution in [2.24, 2.45) is 0 Å². The smallest absolute Gasteiger partial charge is 0.422 e. The van der Waals surface area contributed by atoms with Crippen LogP contribution < -0.4 is 10.1 Å². The fourth-order valence-corrected chi connectivity index (χ4v) is 2.32. The quantitative estimate of drug-likeness (QED) is 0.626. The molecule has 0 spiro atoms. The lowest BCUT2D eigenvalue weighted by Gasteiger charge is -2.11. The predicted octanol–water partition coefficient (Wildman–Crippen LogP) is 4.41. The number of carbonyl (C=O) groups is 1. The van der Waals surface area contributed by atoms with Gasteiger partial charge in [-0.15, -0.1) is 0 Å². The second-order valence-electron chi connectivity index (χ2n) is 5.71. The number of carbonyl (C=O) groups excluding carboxylic acids is 1. The lowest BCUT2D eigenvalue weighted by Crippen LogP contribution is -2.19. The van der Waals surface area contributed by atoms with Gasteiger partial charge in [0, 0.05) is 17.7 Å². The van der Waals surface area contributed by atoms with E-state index < -0.39 is 29.3 Å². The summed E-state index contributed by atoms with van der Waals surface area (Å²) in [7, 11) is 0. The maximum Gasteiger partial charge on any atom is 0.422 e. The molecule has 0 saturated carbocycles. The molecule has 0 bridgehead atoms. The Morgan fingerprint density at radius 2 is 1.73 bits per heavy atom. The number of nitrogens with zero attached hydrogens (tertiary/aromatic N) is 1. The summed E-state index contributed by atoms with van der Waals surface area (Å²) in [5, 5.41) is 13.4. The number of anilines is 1. The number of nitrogens with one attached hydrogen (secondary N) is 1. The zero-order valence-electron chi connectivity index (χ0n) is 13.9. The van der Waals surface area contributed by atoms with Gasteiger partial charge in [-0.1, -0.05) is 17.2 Å². The van der Waals surface area contributed by atoms with E-state index in [0.29, 0.717) is 5.56 Å². The normalized spacial score (nSPS) is 11.1. The second kappa shape index (κ2) is 7.42. The molecule has 9 heteroatoms. The number of halogens is 3. The number of nitro groups is 1. The Bertz CT molecular complexity index is 830. The first-order chi connectivity index (χ1) is 12.0. The average Bonchev–Trinajstić information content (AvgIpc) is 2.51. The first-order valence-corrected chi connectivity index (χ1v) is 7.42. The van der Waals surface area contributed by atoms with Crippen LogP contribution in [0, 0.1) is 24.0 Å². The molecule has 0 heterocycles. The molecule has 6 nitrogen and oxygen atoms in total. The summed E-state index contributed by atoms with van der Waals surface area (Å²) in [5.74, 6) is -0.911. The highest BCUT2D eigenvalue weighted by Crippen LogP contribution is 2.28. The van der Waals surface area contributed by atoms with Crippen molar-refractivity contribution in [1.82, 2.24) is 0 Å². The number of aryl methyl sites for hydroxylation is 2. The van der Waals surface area contributed by atoms with E-state index in [2.05, 4.69) is 10.1 Å². The number of amides is 1. The van der Waals surface area contributed by atoms with Crippen LogP contribution in [-0.2, 0) is 0 Å². The molecule has 2 aromatic carbocycles. The summed E-state index contributed by atoms with van der Waals surface area (Å²) in [4.78, 5) is 22.5. The van der Waals surface area contributed by atoms with E-state index in [1.807, 2.05) is 6.07 Å². The summed E-state index contributed by atoms with van der Waals surface area (Å²) in [6.45, 7) is 2.01. The van der Waals surface area contributed by atoms with Gasteiger partial charge in [0.15, 0.2) is 6.61 Å². The van der Waals surface area contributed by atoms with Crippen molar-refractivity contribution in [3.8, 4) is 5.75 Å². The van der Waals surface area contributed by atoms with E-state index >= 15 is 0 Å². The average molecular weight is 368 g/mol. The Morgan fingerprint density at radius 1 is 1.12 bits per heavy atom. The van der Waals surface area contributed by atoms with Gasteiger partial charge in [-0.25, -0.2) is 0 Å². The van der Waals surface area contributed by atoms with E-state index in [1.165, 1.54) is 0 Å². The Labute approximate surface area is 146 Å². The fraction of sp³-hybridized carbons (Fsp3) is 0.235. The van der Waals surface area contributed by atoms with Crippen LogP contribution in [0.1, 0.15) is 21.5 Å². The number of non-ortho nitro benzene ring substituents is 1. The molecule has 0 unspecified atom stereocenters. The van der Waals surface area contributed by atoms with Gasteiger partial charge in [-0.3, -0.25) is 14.9 Å². The van der Waals surface area contributed by atoms with Crippen LogP contribution >= 0.6 is 0 Å². The van der Waals surface area contributed by atoms with Gasteiger partial charge in [0.2, 0.25) is 0 Å². The van der Waals surface area contributed by atoms with Crippen LogP contribution in [0.25, 0.3) is 0 Å². The Balaban J connectivity index is 2.28. The third-order valence-corrected chi connectivity index (χ3v) is 3.25. The minimum Gasteiger partial charge on any atom is -0.484 e. The van der Waals surface area contributed by atoms with Crippen molar-refractivity contribution in [2.45, 2.75) is 20.0 Å². The van der Waals surface area contributed by atoms with Crippen molar-refractivity contribution < 1.29 is 27.6 Å². The molecule has 1 N–H and O–H groups in total. The number of benzene rings is 2. The zero-order chi connectivity index (χ0) is 19.5. The number of hydrogen-bond acceptors (Lipinski definition) is 4. The molecule has 138 valence electrons. The molecule has 0 atom stereocenters. The van der Waals surface area contributed by atoms with Crippen LogP contribution in [0.3, 0.4) is 0 Å². The van der Waals surface area contributed by atoms with Gasteiger partial charge in [0.05, 0.1) is 16.7 Å². The third-order valence-electron chi connectivity index (χ3n) is 3.25. The number of ether oxygens (including phenoxy) is 1. The van der Waals surface area contributed by atoms with E-state index in [0.717, 1.165) is 29.3 Å². The SMILES string of the molecule is Cc1cc(C)cc(C(=O)Nc2cc(OCC(F)(F)F)cc([N+](=O)[O-])c2)c1. The lowest BCUT2D eigenvalue weighted by atomic mass is 10.1. The summed E-state index contributed by atoms with van der Waals surface area (Å²) in [6, 6.07) is 8.12. The predicted molar refractivity (Wildman–Crippen MR) is 88.5 cm³/mol. The van der Waals surface area contributed by atoms with E-state index in [4.69, 9.17) is 0 Å². The van der Waals surface area contributed by atoms with Crippen LogP contribution in [0.4, 0.5) is 24.5 Å². The van der Waals surface area contributed by atoms with Crippen LogP contribution in [0.2, 0.25) is 0 Å². The zero-order valence-corrected chi connectivity index (χ0v) is 13.9. The second-order valence-corrected chi connectivity index (χ2v) is 5.71. The van der Waals surface area contributed by atoms with Crippen molar-refractivity contribution in [1.29, 1.82) is 0 Å². The van der Waals surface area contributed by atoms with Gasteiger partial charge < -0.3 is 10.1 Å². The van der Waals surface area contributed by atoms with Gasteiger partial charge in [-0.05, 0) is 26.0 Å². The van der Waals surface area contributed by atoms with Crippen molar-refractivity contribution in [2.75, 3.05) is 11.9 Å². The number of nitro benzene ring substituents is 1. The molecule has 0 fully saturated rings. The monoisotopic (exact) mass is 368 g/mol. The first kappa shape index (κ1) is 19.2. The van der Waals surface area contributed by atoms with E-state index in [1.54, 1.807) is 26.0 Å². The summed E-state index contributed by atoms with van der Waals surface area (Å²) in [6.07, 6.45) is -4.59. The highest BCUT2D eigenvalue weighted by molar-refractivity contribution is 6.04. The summed E-state index contributed by atoms with van der Waals surface area (Å²) >= 11 is 0. The van der Waals surface area contributed by atoms with E-state index in [9.17, 15) is 28.1 Å². The topological polar surface area (TPSA) is 81.5 Å². The number of rotatable bonds is 5. The molecule has 0 aliphatic heterocycles. The maximum atomic E-state index is 12.3. The minimum atomic E-state index is -4.59. The van der Waals surface area contributed by atoms with Crippen LogP contribution in [0.15, 0.2) is 36.4 Å². The largest absolute Gasteiger partial charge is 0.484 e. The van der Waals surface area contributed by atoms with Gasteiger partial charge in [-0.2, -0.15) is 13.2 Å². The van der Waals surface area contributed by atoms with E-state index in [-0.39, 0.29) is 11.4 Å². The van der Waals surface area contributed by atoms with Crippen molar-refractivity contribution >= 4 is 17.3 Å². The first-order valence-electron chi connectivity index (χ1n) is 7.42. The summed E-state index contributed by atoms with van der Waals surface area (Å²) < 4.78 is 41.4. The molecule has 1 amide bonds. The number of alkyl halides is 3. The Morgan fingerprint density at radius 3 is 2.27 bits per heavy atom. The molecular weight excluding hydrogens is 353 g/mol. The highest BCUT2D eigenvalue weighted by Gasteiger charge is 2.28. The third kappa shape index (κ3) is 5.47. The molecule has 0 aliphatic rings. The lowest BCUT2D eigenvalue weighted by molar-refractivity contribution is -0.384. The Kier molecular flexibility index (Phi) is 5.49. The fourth-order valence-electron chi connectivity index (χ4n) is 2.32. The highest BCUT2D eigenvalue weighted by atomic mass is 19.4. The molecule has 0 aromatic heterocycles. The van der Waals surface area contributed by atoms with Crippen molar-refractivity contribution in [3.05, 3.63) is 63.2 Å². The van der Waals surface area contributed by atoms with Crippen molar-refractivity contribution in [3.63, 3.8) is 0 Å². The van der Waals surface area contributed by atoms with Crippen LogP contribution in [-0.4, -0.2) is 23.6 Å². The number of hydrogen-bond donors (Lipinski definition) is 1. The molecule has 0 radical (unpaired) electrons. The molecule has 0 saturated heterocycles. The van der Waals surface area contributed by atoms with Gasteiger partial charge >= 0.3 is 6.18 Å². The Hall–Kier alpha value is -3.10. The van der Waals surface area contributed by atoms with Crippen LogP contribution in [0.5, 0.6) is 5.75 Å². The standard InChI is InChI=1S/C17H15F3N2O4/c1-10-3-11(2)5-12(4-10)16(23)21-13-6-14(22(24)25)8-15(7-13)26-9-17(18,19)20/h3-8H,9H2,1-2H3,(H,21,23). The minimum absolute atomic E-state index is 0.0412. The summed E-state index contributed by atoms with van der Waals surface area (Å²) in [5.41, 5.74) is 1.49. The molecule has 2 rings (SSSR count). The van der Waals surface area contributed by atoms with Gasteiger partial charge in [0.25, 0.3) is 11.6 Å². The maximum absolute atomic E-state index is 12.3. The molecule has 2 aromatic rings. The molecule has 0 aliphatic carbocycles. The molecular formula is C17H15F3N2O4.